The molecule has 0 bridgehead atoms. The molecule has 0 heterocycles. The summed E-state index contributed by atoms with van der Waals surface area (Å²) >= 11 is 0. The largest absolute Gasteiger partial charge is 0.234 e. The van der Waals surface area contributed by atoms with Gasteiger partial charge in [-0.2, -0.15) is 0 Å². The number of isocyanates is 2. The van der Waals surface area contributed by atoms with Gasteiger partial charge in [0.15, 0.2) is 0 Å². The van der Waals surface area contributed by atoms with Gasteiger partial charge in [0.2, 0.25) is 12.2 Å². The van der Waals surface area contributed by atoms with Crippen LogP contribution in [0.1, 0.15) is 13.3 Å². The van der Waals surface area contributed by atoms with E-state index >= 15 is 0 Å². The number of hydrogen-bond donors (Lipinski definition) is 0. The van der Waals surface area contributed by atoms with E-state index in [4.69, 9.17) is 0 Å². The van der Waals surface area contributed by atoms with E-state index in [1.165, 1.54) is 12.2 Å². The maximum absolute atomic E-state index is 9.66. The van der Waals surface area contributed by atoms with E-state index in [0.717, 1.165) is 6.42 Å². The second-order valence-corrected chi connectivity index (χ2v) is 2.30. The van der Waals surface area contributed by atoms with Gasteiger partial charge in [-0.3, -0.25) is 0 Å². The van der Waals surface area contributed by atoms with E-state index < -0.39 is 0 Å². The van der Waals surface area contributed by atoms with Crippen molar-refractivity contribution in [1.29, 1.82) is 0 Å². The zero-order chi connectivity index (χ0) is 8.53. The Hall–Kier alpha value is -1.24. The van der Waals surface area contributed by atoms with Crippen LogP contribution in [-0.4, -0.2) is 25.2 Å². The van der Waals surface area contributed by atoms with Crippen LogP contribution in [0.4, 0.5) is 0 Å². The summed E-state index contributed by atoms with van der Waals surface area (Å²) in [7, 11) is 0. The van der Waals surface area contributed by atoms with E-state index in [0.29, 0.717) is 13.1 Å². The lowest BCUT2D eigenvalue weighted by atomic mass is 10.1. The predicted molar refractivity (Wildman–Crippen MR) is 39.8 cm³/mol. The van der Waals surface area contributed by atoms with E-state index in [1.54, 1.807) is 0 Å². The van der Waals surface area contributed by atoms with Gasteiger partial charge < -0.3 is 0 Å². The minimum Gasteiger partial charge on any atom is -0.211 e. The molecule has 0 fully saturated rings. The molecule has 1 unspecified atom stereocenters. The maximum Gasteiger partial charge on any atom is 0.234 e. The van der Waals surface area contributed by atoms with Crippen LogP contribution in [0.25, 0.3) is 0 Å². The molecule has 60 valence electrons. The fraction of sp³-hybridized carbons (Fsp3) is 0.714. The van der Waals surface area contributed by atoms with Crippen LogP contribution >= 0.6 is 0 Å². The van der Waals surface area contributed by atoms with Gasteiger partial charge in [-0.15, -0.1) is 0 Å². The first kappa shape index (κ1) is 9.76. The van der Waals surface area contributed by atoms with Crippen molar-refractivity contribution in [3.63, 3.8) is 0 Å². The Morgan fingerprint density at radius 2 is 1.91 bits per heavy atom. The summed E-state index contributed by atoms with van der Waals surface area (Å²) < 4.78 is 0. The smallest absolute Gasteiger partial charge is 0.211 e. The van der Waals surface area contributed by atoms with Crippen LogP contribution in [0.5, 0.6) is 0 Å². The highest BCUT2D eigenvalue weighted by molar-refractivity contribution is 5.33. The fourth-order valence-corrected chi connectivity index (χ4v) is 0.615. The molecule has 1 atom stereocenters. The van der Waals surface area contributed by atoms with E-state index in [1.807, 2.05) is 6.92 Å². The minimum atomic E-state index is 0.272. The van der Waals surface area contributed by atoms with Gasteiger partial charge in [-0.25, -0.2) is 19.6 Å². The van der Waals surface area contributed by atoms with Gasteiger partial charge in [-0.05, 0) is 12.3 Å². The van der Waals surface area contributed by atoms with Crippen LogP contribution in [0.3, 0.4) is 0 Å². The van der Waals surface area contributed by atoms with Crippen LogP contribution < -0.4 is 0 Å². The molecule has 11 heavy (non-hydrogen) atoms. The molecule has 0 saturated heterocycles. The van der Waals surface area contributed by atoms with Gasteiger partial charge in [0.25, 0.3) is 0 Å². The van der Waals surface area contributed by atoms with Gasteiger partial charge in [-0.1, -0.05) is 6.92 Å². The van der Waals surface area contributed by atoms with E-state index in [-0.39, 0.29) is 5.92 Å². The normalized spacial score (nSPS) is 11.0. The van der Waals surface area contributed by atoms with Crippen molar-refractivity contribution in [3.05, 3.63) is 0 Å². The molecular formula is C7H10N2O2. The standard InChI is InChI=1S/C7H10N2O2/c1-7(4-9-6-11)2-3-8-5-10/h7H,2-4H2,1H3. The summed E-state index contributed by atoms with van der Waals surface area (Å²) in [5.74, 6) is 0.272. The highest BCUT2D eigenvalue weighted by atomic mass is 16.1. The Balaban J connectivity index is 3.43. The van der Waals surface area contributed by atoms with Crippen LogP contribution in [-0.2, 0) is 9.59 Å². The first-order chi connectivity index (χ1) is 5.31. The molecule has 4 nitrogen and oxygen atoms in total. The maximum atomic E-state index is 9.66. The summed E-state index contributed by atoms with van der Waals surface area (Å²) in [5.41, 5.74) is 0. The van der Waals surface area contributed by atoms with Gasteiger partial charge in [0.05, 0.1) is 13.1 Å². The topological polar surface area (TPSA) is 58.9 Å². The molecule has 0 aliphatic heterocycles. The zero-order valence-electron chi connectivity index (χ0n) is 6.41. The average molecular weight is 154 g/mol. The summed E-state index contributed by atoms with van der Waals surface area (Å²) in [6.07, 6.45) is 3.65. The third-order valence-corrected chi connectivity index (χ3v) is 1.27. The quantitative estimate of drug-likeness (QED) is 0.432. The second-order valence-electron chi connectivity index (χ2n) is 2.30. The summed E-state index contributed by atoms with van der Waals surface area (Å²) in [4.78, 5) is 26.1. The molecule has 0 radical (unpaired) electrons. The van der Waals surface area contributed by atoms with Crippen LogP contribution in [0.2, 0.25) is 0 Å². The summed E-state index contributed by atoms with van der Waals surface area (Å²) in [6.45, 7) is 2.85. The second kappa shape index (κ2) is 6.87. The van der Waals surface area contributed by atoms with Crippen molar-refractivity contribution in [1.82, 2.24) is 0 Å². The number of nitrogens with zero attached hydrogens (tertiary/aromatic N) is 2. The molecule has 0 N–H and O–H groups in total. The molecule has 0 aromatic rings. The lowest BCUT2D eigenvalue weighted by Gasteiger charge is -2.01. The third-order valence-electron chi connectivity index (χ3n) is 1.27. The van der Waals surface area contributed by atoms with Crippen molar-refractivity contribution in [3.8, 4) is 0 Å². The highest BCUT2D eigenvalue weighted by Crippen LogP contribution is 2.00. The van der Waals surface area contributed by atoms with Crippen molar-refractivity contribution in [2.75, 3.05) is 13.1 Å². The molecule has 0 rings (SSSR count). The number of hydrogen-bond acceptors (Lipinski definition) is 4. The molecular weight excluding hydrogens is 144 g/mol. The predicted octanol–water partition coefficient (Wildman–Crippen LogP) is 0.684. The van der Waals surface area contributed by atoms with Gasteiger partial charge in [0, 0.05) is 0 Å². The molecule has 0 aliphatic carbocycles. The lowest BCUT2D eigenvalue weighted by molar-refractivity contribution is 0.531. The van der Waals surface area contributed by atoms with E-state index in [2.05, 4.69) is 9.98 Å². The monoisotopic (exact) mass is 154 g/mol. The molecule has 0 spiro atoms. The number of carbonyl (C=O) groups excluding carboxylic acids is 2. The van der Waals surface area contributed by atoms with Gasteiger partial charge >= 0.3 is 0 Å². The minimum absolute atomic E-state index is 0.272. The summed E-state index contributed by atoms with van der Waals surface area (Å²) in [6, 6.07) is 0. The first-order valence-electron chi connectivity index (χ1n) is 3.38. The van der Waals surface area contributed by atoms with Crippen molar-refractivity contribution < 1.29 is 9.59 Å². The van der Waals surface area contributed by atoms with E-state index in [9.17, 15) is 9.59 Å². The third kappa shape index (κ3) is 6.65. The van der Waals surface area contributed by atoms with Crippen molar-refractivity contribution >= 4 is 12.2 Å². The number of rotatable bonds is 5. The fourth-order valence-electron chi connectivity index (χ4n) is 0.615. The number of aliphatic imine (C=N–C) groups is 2. The molecule has 4 heteroatoms. The lowest BCUT2D eigenvalue weighted by Crippen LogP contribution is -2.00. The Morgan fingerprint density at radius 3 is 2.45 bits per heavy atom. The van der Waals surface area contributed by atoms with Crippen molar-refractivity contribution in [2.24, 2.45) is 15.9 Å². The highest BCUT2D eigenvalue weighted by Gasteiger charge is 1.98. The zero-order valence-corrected chi connectivity index (χ0v) is 6.41. The van der Waals surface area contributed by atoms with Gasteiger partial charge in [0.1, 0.15) is 0 Å². The molecule has 0 amide bonds. The molecule has 0 aromatic heterocycles. The Morgan fingerprint density at radius 1 is 1.27 bits per heavy atom. The SMILES string of the molecule is CC(CCN=C=O)CN=C=O. The van der Waals surface area contributed by atoms with Crippen LogP contribution in [0, 0.1) is 5.92 Å². The average Bonchev–Trinajstić information content (AvgIpc) is 2.01. The van der Waals surface area contributed by atoms with Crippen LogP contribution in [0.15, 0.2) is 9.98 Å². The molecule has 0 saturated carbocycles. The molecule has 0 aliphatic rings. The van der Waals surface area contributed by atoms with Crippen molar-refractivity contribution in [2.45, 2.75) is 13.3 Å². The summed E-state index contributed by atoms with van der Waals surface area (Å²) in [5, 5.41) is 0. The molecule has 0 aromatic carbocycles. The Bertz CT molecular complexity index is 191. The first-order valence-corrected chi connectivity index (χ1v) is 3.38. The Labute approximate surface area is 65.0 Å². The Kier molecular flexibility index (Phi) is 6.10.